The molecule has 0 unspecified atom stereocenters. The van der Waals surface area contributed by atoms with Gasteiger partial charge in [0.1, 0.15) is 0 Å². The number of piperidine rings is 3. The lowest BCUT2D eigenvalue weighted by Crippen LogP contribution is -2.46. The van der Waals surface area contributed by atoms with Gasteiger partial charge in [0.15, 0.2) is 0 Å². The summed E-state index contributed by atoms with van der Waals surface area (Å²) >= 11 is 0. The molecule has 0 aliphatic carbocycles. The van der Waals surface area contributed by atoms with Gasteiger partial charge in [0.25, 0.3) is 0 Å². The van der Waals surface area contributed by atoms with E-state index < -0.39 is 10.0 Å². The molecule has 3 rings (SSSR count). The van der Waals surface area contributed by atoms with Gasteiger partial charge < -0.3 is 9.80 Å². The van der Waals surface area contributed by atoms with Crippen LogP contribution in [0.1, 0.15) is 58.3 Å². The molecule has 0 spiro atoms. The fourth-order valence-corrected chi connectivity index (χ4v) is 5.85. The predicted octanol–water partition coefficient (Wildman–Crippen LogP) is 2.16. The molecule has 27 heavy (non-hydrogen) atoms. The highest BCUT2D eigenvalue weighted by Gasteiger charge is 2.33. The monoisotopic (exact) mass is 399 g/mol. The third-order valence-corrected chi connectivity index (χ3v) is 8.27. The molecular formula is C20H37N3O3S. The first-order chi connectivity index (χ1) is 12.8. The Kier molecular flexibility index (Phi) is 7.20. The number of hydrogen-bond acceptors (Lipinski definition) is 4. The first-order valence-corrected chi connectivity index (χ1v) is 12.7. The van der Waals surface area contributed by atoms with E-state index >= 15 is 0 Å². The molecule has 1 atom stereocenters. The number of rotatable bonds is 5. The van der Waals surface area contributed by atoms with Crippen LogP contribution < -0.4 is 0 Å². The van der Waals surface area contributed by atoms with Gasteiger partial charge in [0.2, 0.25) is 15.9 Å². The average Bonchev–Trinajstić information content (AvgIpc) is 2.67. The molecule has 0 bridgehead atoms. The van der Waals surface area contributed by atoms with Crippen LogP contribution in [0.15, 0.2) is 0 Å². The van der Waals surface area contributed by atoms with Gasteiger partial charge in [0.05, 0.1) is 6.26 Å². The van der Waals surface area contributed by atoms with Crippen molar-refractivity contribution >= 4 is 15.9 Å². The van der Waals surface area contributed by atoms with Crippen molar-refractivity contribution in [3.8, 4) is 0 Å². The molecule has 0 saturated carbocycles. The number of amides is 1. The summed E-state index contributed by atoms with van der Waals surface area (Å²) in [5.41, 5.74) is 0. The molecule has 0 radical (unpaired) electrons. The Bertz CT molecular complexity index is 594. The minimum atomic E-state index is -3.12. The van der Waals surface area contributed by atoms with E-state index in [0.29, 0.717) is 25.9 Å². The van der Waals surface area contributed by atoms with E-state index in [4.69, 9.17) is 0 Å². The largest absolute Gasteiger partial charge is 0.342 e. The van der Waals surface area contributed by atoms with Gasteiger partial charge in [-0.05, 0) is 70.9 Å². The number of carbonyl (C=O) groups is 1. The van der Waals surface area contributed by atoms with Gasteiger partial charge in [-0.2, -0.15) is 0 Å². The van der Waals surface area contributed by atoms with Gasteiger partial charge in [-0.1, -0.05) is 6.42 Å². The van der Waals surface area contributed by atoms with Gasteiger partial charge in [-0.25, -0.2) is 12.7 Å². The molecule has 6 nitrogen and oxygen atoms in total. The van der Waals surface area contributed by atoms with Crippen LogP contribution in [-0.4, -0.2) is 80.0 Å². The zero-order chi connectivity index (χ0) is 19.4. The summed E-state index contributed by atoms with van der Waals surface area (Å²) in [5, 5.41) is 0. The van der Waals surface area contributed by atoms with E-state index in [1.54, 1.807) is 0 Å². The molecule has 3 aliphatic rings. The normalized spacial score (nSPS) is 27.8. The molecule has 7 heteroatoms. The van der Waals surface area contributed by atoms with Gasteiger partial charge in [0, 0.05) is 38.1 Å². The van der Waals surface area contributed by atoms with Crippen LogP contribution in [0.4, 0.5) is 0 Å². The van der Waals surface area contributed by atoms with E-state index in [0.717, 1.165) is 37.9 Å². The Morgan fingerprint density at radius 1 is 0.926 bits per heavy atom. The molecule has 0 aromatic carbocycles. The fraction of sp³-hybridized carbons (Fsp3) is 0.950. The lowest BCUT2D eigenvalue weighted by Gasteiger charge is -2.38. The molecule has 1 amide bonds. The van der Waals surface area contributed by atoms with E-state index in [1.165, 1.54) is 49.3 Å². The quantitative estimate of drug-likeness (QED) is 0.711. The fourth-order valence-electron chi connectivity index (χ4n) is 4.97. The average molecular weight is 400 g/mol. The zero-order valence-corrected chi connectivity index (χ0v) is 17.9. The Hall–Kier alpha value is -0.660. The molecular weight excluding hydrogens is 362 g/mol. The van der Waals surface area contributed by atoms with E-state index in [-0.39, 0.29) is 11.8 Å². The molecule has 3 fully saturated rings. The molecule has 3 aliphatic heterocycles. The number of likely N-dealkylation sites (tertiary alicyclic amines) is 2. The van der Waals surface area contributed by atoms with Crippen molar-refractivity contribution in [3.05, 3.63) is 0 Å². The molecule has 156 valence electrons. The van der Waals surface area contributed by atoms with Gasteiger partial charge in [-0.3, -0.25) is 4.79 Å². The molecule has 3 saturated heterocycles. The third kappa shape index (κ3) is 5.67. The summed E-state index contributed by atoms with van der Waals surface area (Å²) < 4.78 is 24.8. The Labute approximate surface area is 165 Å². The number of sulfonamides is 1. The SMILES string of the molecule is C[C@@H]1CCCCN1CCC1CCN(C(=O)C2CCN(S(C)(=O)=O)CC2)CC1. The van der Waals surface area contributed by atoms with Crippen LogP contribution in [0.2, 0.25) is 0 Å². The number of hydrogen-bond donors (Lipinski definition) is 0. The maximum absolute atomic E-state index is 12.8. The lowest BCUT2D eigenvalue weighted by atomic mass is 9.90. The molecule has 0 aromatic rings. The van der Waals surface area contributed by atoms with Crippen LogP contribution in [-0.2, 0) is 14.8 Å². The summed E-state index contributed by atoms with van der Waals surface area (Å²) in [6.45, 7) is 7.56. The Morgan fingerprint density at radius 2 is 1.59 bits per heavy atom. The predicted molar refractivity (Wildman–Crippen MR) is 108 cm³/mol. The summed E-state index contributed by atoms with van der Waals surface area (Å²) in [6.07, 6.45) is 10.1. The molecule has 3 heterocycles. The van der Waals surface area contributed by atoms with Crippen molar-refractivity contribution in [1.29, 1.82) is 0 Å². The first kappa shape index (κ1) is 21.1. The topological polar surface area (TPSA) is 60.9 Å². The number of carbonyl (C=O) groups excluding carboxylic acids is 1. The standard InChI is InChI=1S/C20H37N3O3S/c1-17-5-3-4-11-21(17)12-6-18-7-13-22(14-8-18)20(24)19-9-15-23(16-10-19)27(2,25)26/h17-19H,3-16H2,1-2H3/t17-/m1/s1. The first-order valence-electron chi connectivity index (χ1n) is 10.8. The second-order valence-corrected chi connectivity index (χ2v) is 10.9. The zero-order valence-electron chi connectivity index (χ0n) is 17.1. The van der Waals surface area contributed by atoms with E-state index in [1.807, 2.05) is 4.90 Å². The highest BCUT2D eigenvalue weighted by atomic mass is 32.2. The second-order valence-electron chi connectivity index (χ2n) is 8.87. The van der Waals surface area contributed by atoms with Crippen LogP contribution in [0.25, 0.3) is 0 Å². The summed E-state index contributed by atoms with van der Waals surface area (Å²) in [7, 11) is -3.12. The van der Waals surface area contributed by atoms with Gasteiger partial charge >= 0.3 is 0 Å². The van der Waals surface area contributed by atoms with Crippen LogP contribution in [0.5, 0.6) is 0 Å². The number of nitrogens with zero attached hydrogens (tertiary/aromatic N) is 3. The second kappa shape index (κ2) is 9.23. The van der Waals surface area contributed by atoms with Gasteiger partial charge in [-0.15, -0.1) is 0 Å². The maximum Gasteiger partial charge on any atom is 0.225 e. The third-order valence-electron chi connectivity index (χ3n) is 6.96. The summed E-state index contributed by atoms with van der Waals surface area (Å²) in [5.74, 6) is 1.01. The minimum Gasteiger partial charge on any atom is -0.342 e. The van der Waals surface area contributed by atoms with Crippen LogP contribution in [0, 0.1) is 11.8 Å². The van der Waals surface area contributed by atoms with Crippen LogP contribution >= 0.6 is 0 Å². The minimum absolute atomic E-state index is 0.00810. The van der Waals surface area contributed by atoms with Crippen molar-refractivity contribution < 1.29 is 13.2 Å². The smallest absolute Gasteiger partial charge is 0.225 e. The van der Waals surface area contributed by atoms with E-state index in [9.17, 15) is 13.2 Å². The van der Waals surface area contributed by atoms with E-state index in [2.05, 4.69) is 11.8 Å². The maximum atomic E-state index is 12.8. The highest BCUT2D eigenvalue weighted by Crippen LogP contribution is 2.27. The highest BCUT2D eigenvalue weighted by molar-refractivity contribution is 7.88. The summed E-state index contributed by atoms with van der Waals surface area (Å²) in [4.78, 5) is 17.5. The van der Waals surface area contributed by atoms with Crippen LogP contribution in [0.3, 0.4) is 0 Å². The van der Waals surface area contributed by atoms with Crippen molar-refractivity contribution in [2.75, 3.05) is 45.5 Å². The molecule has 0 aromatic heterocycles. The van der Waals surface area contributed by atoms with Crippen molar-refractivity contribution in [2.24, 2.45) is 11.8 Å². The summed E-state index contributed by atoms with van der Waals surface area (Å²) in [6, 6.07) is 0.734. The Morgan fingerprint density at radius 3 is 2.19 bits per heavy atom. The lowest BCUT2D eigenvalue weighted by molar-refractivity contribution is -0.138. The van der Waals surface area contributed by atoms with Crippen molar-refractivity contribution in [2.45, 2.75) is 64.3 Å². The Balaban J connectivity index is 1.38. The van der Waals surface area contributed by atoms with Crippen molar-refractivity contribution in [3.63, 3.8) is 0 Å². The van der Waals surface area contributed by atoms with Crippen molar-refractivity contribution in [1.82, 2.24) is 14.1 Å². The molecule has 0 N–H and O–H groups in total.